The smallest absolute Gasteiger partial charge is 0.202 e. The molecule has 0 fully saturated rings. The second kappa shape index (κ2) is 5.53. The van der Waals surface area contributed by atoms with Crippen LogP contribution < -0.4 is 5.32 Å². The van der Waals surface area contributed by atoms with Gasteiger partial charge in [0.2, 0.25) is 5.95 Å². The molecule has 0 spiro atoms. The molecule has 3 nitrogen and oxygen atoms in total. The van der Waals surface area contributed by atoms with Crippen molar-refractivity contribution in [1.29, 1.82) is 0 Å². The molecule has 0 radical (unpaired) electrons. The average Bonchev–Trinajstić information content (AvgIpc) is 2.79. The number of benzene rings is 1. The summed E-state index contributed by atoms with van der Waals surface area (Å²) in [5.41, 5.74) is 2.75. The lowest BCUT2D eigenvalue weighted by Gasteiger charge is -2.09. The minimum absolute atomic E-state index is 0.919. The highest BCUT2D eigenvalue weighted by atomic mass is 15.2. The monoisotopic (exact) mass is 229 g/mol. The number of nitrogens with one attached hydrogen (secondary N) is 1. The third-order valence-corrected chi connectivity index (χ3v) is 2.99. The number of rotatable bonds is 5. The van der Waals surface area contributed by atoms with E-state index in [0.29, 0.717) is 0 Å². The predicted molar refractivity (Wildman–Crippen MR) is 71.3 cm³/mol. The Morgan fingerprint density at radius 1 is 1.29 bits per heavy atom. The first-order valence-corrected chi connectivity index (χ1v) is 6.10. The molecule has 1 aromatic carbocycles. The Kier molecular flexibility index (Phi) is 3.81. The molecule has 2 aromatic rings. The molecule has 3 heteroatoms. The summed E-state index contributed by atoms with van der Waals surface area (Å²) >= 11 is 0. The summed E-state index contributed by atoms with van der Waals surface area (Å²) in [6.45, 7) is 6.14. The Labute approximate surface area is 103 Å². The molecule has 0 bridgehead atoms. The SMILES string of the molecule is CCn1ccnc1NCCc1ccccc1C. The van der Waals surface area contributed by atoms with E-state index in [2.05, 4.69) is 53.0 Å². The topological polar surface area (TPSA) is 29.9 Å². The number of aromatic nitrogens is 2. The van der Waals surface area contributed by atoms with E-state index in [1.165, 1.54) is 11.1 Å². The molecule has 0 unspecified atom stereocenters. The Hall–Kier alpha value is -1.77. The van der Waals surface area contributed by atoms with Crippen LogP contribution >= 0.6 is 0 Å². The first kappa shape index (κ1) is 11.7. The van der Waals surface area contributed by atoms with Gasteiger partial charge in [-0.05, 0) is 31.4 Å². The van der Waals surface area contributed by atoms with Crippen LogP contribution in [0.5, 0.6) is 0 Å². The van der Waals surface area contributed by atoms with Gasteiger partial charge in [-0.1, -0.05) is 24.3 Å². The van der Waals surface area contributed by atoms with Gasteiger partial charge in [0.1, 0.15) is 0 Å². The lowest BCUT2D eigenvalue weighted by atomic mass is 10.1. The fourth-order valence-corrected chi connectivity index (χ4v) is 1.93. The first-order chi connectivity index (χ1) is 8.31. The standard InChI is InChI=1S/C14H19N3/c1-3-17-11-10-16-14(17)15-9-8-13-7-5-4-6-12(13)2/h4-7,10-11H,3,8-9H2,1-2H3,(H,15,16). The molecule has 0 aliphatic rings. The van der Waals surface area contributed by atoms with Gasteiger partial charge in [-0.3, -0.25) is 0 Å². The molecular weight excluding hydrogens is 210 g/mol. The minimum atomic E-state index is 0.919. The van der Waals surface area contributed by atoms with Gasteiger partial charge in [0.15, 0.2) is 0 Å². The fourth-order valence-electron chi connectivity index (χ4n) is 1.93. The molecule has 1 aromatic heterocycles. The highest BCUT2D eigenvalue weighted by Crippen LogP contribution is 2.09. The third kappa shape index (κ3) is 2.87. The zero-order chi connectivity index (χ0) is 12.1. The van der Waals surface area contributed by atoms with Gasteiger partial charge in [-0.15, -0.1) is 0 Å². The first-order valence-electron chi connectivity index (χ1n) is 6.10. The van der Waals surface area contributed by atoms with Gasteiger partial charge in [-0.2, -0.15) is 0 Å². The Morgan fingerprint density at radius 2 is 2.12 bits per heavy atom. The van der Waals surface area contributed by atoms with Crippen LogP contribution in [0.2, 0.25) is 0 Å². The highest BCUT2D eigenvalue weighted by molar-refractivity contribution is 5.29. The van der Waals surface area contributed by atoms with Crippen LogP contribution in [0.15, 0.2) is 36.7 Å². The molecule has 0 saturated heterocycles. The molecule has 0 atom stereocenters. The van der Waals surface area contributed by atoms with Crippen LogP contribution in [0, 0.1) is 6.92 Å². The van der Waals surface area contributed by atoms with Crippen LogP contribution in [-0.2, 0) is 13.0 Å². The molecule has 2 rings (SSSR count). The van der Waals surface area contributed by atoms with E-state index in [9.17, 15) is 0 Å². The van der Waals surface area contributed by atoms with E-state index < -0.39 is 0 Å². The number of imidazole rings is 1. The lowest BCUT2D eigenvalue weighted by molar-refractivity contribution is 0.762. The van der Waals surface area contributed by atoms with Gasteiger partial charge >= 0.3 is 0 Å². The van der Waals surface area contributed by atoms with Gasteiger partial charge < -0.3 is 9.88 Å². The largest absolute Gasteiger partial charge is 0.355 e. The van der Waals surface area contributed by atoms with E-state index in [0.717, 1.165) is 25.5 Å². The number of nitrogens with zero attached hydrogens (tertiary/aromatic N) is 2. The second-order valence-electron chi connectivity index (χ2n) is 4.14. The van der Waals surface area contributed by atoms with Gasteiger partial charge in [0.25, 0.3) is 0 Å². The average molecular weight is 229 g/mol. The second-order valence-corrected chi connectivity index (χ2v) is 4.14. The van der Waals surface area contributed by atoms with E-state index in [1.54, 1.807) is 0 Å². The van der Waals surface area contributed by atoms with Gasteiger partial charge in [-0.25, -0.2) is 4.98 Å². The van der Waals surface area contributed by atoms with Crippen LogP contribution in [-0.4, -0.2) is 16.1 Å². The van der Waals surface area contributed by atoms with Crippen LogP contribution in [0.25, 0.3) is 0 Å². The number of hydrogen-bond acceptors (Lipinski definition) is 2. The third-order valence-electron chi connectivity index (χ3n) is 2.99. The number of hydrogen-bond donors (Lipinski definition) is 1. The Balaban J connectivity index is 1.90. The number of anilines is 1. The summed E-state index contributed by atoms with van der Waals surface area (Å²) in [5, 5.41) is 3.37. The normalized spacial score (nSPS) is 10.5. The van der Waals surface area contributed by atoms with Crippen molar-refractivity contribution in [1.82, 2.24) is 9.55 Å². The summed E-state index contributed by atoms with van der Waals surface area (Å²) in [7, 11) is 0. The van der Waals surface area contributed by atoms with Crippen molar-refractivity contribution in [2.24, 2.45) is 0 Å². The van der Waals surface area contributed by atoms with Gasteiger partial charge in [0.05, 0.1) is 0 Å². The predicted octanol–water partition coefficient (Wildman–Crippen LogP) is 2.87. The van der Waals surface area contributed by atoms with E-state index in [4.69, 9.17) is 0 Å². The fraction of sp³-hybridized carbons (Fsp3) is 0.357. The Morgan fingerprint density at radius 3 is 2.88 bits per heavy atom. The van der Waals surface area contributed by atoms with E-state index >= 15 is 0 Å². The lowest BCUT2D eigenvalue weighted by Crippen LogP contribution is -2.10. The maximum absolute atomic E-state index is 4.29. The van der Waals surface area contributed by atoms with Crippen LogP contribution in [0.4, 0.5) is 5.95 Å². The summed E-state index contributed by atoms with van der Waals surface area (Å²) in [6, 6.07) is 8.51. The van der Waals surface area contributed by atoms with Crippen molar-refractivity contribution in [3.8, 4) is 0 Å². The molecule has 90 valence electrons. The van der Waals surface area contributed by atoms with Crippen molar-refractivity contribution < 1.29 is 0 Å². The summed E-state index contributed by atoms with van der Waals surface area (Å²) in [5.74, 6) is 0.959. The summed E-state index contributed by atoms with van der Waals surface area (Å²) < 4.78 is 2.11. The van der Waals surface area contributed by atoms with Crippen molar-refractivity contribution in [3.63, 3.8) is 0 Å². The summed E-state index contributed by atoms with van der Waals surface area (Å²) in [4.78, 5) is 4.29. The van der Waals surface area contributed by atoms with Crippen LogP contribution in [0.1, 0.15) is 18.1 Å². The molecule has 1 N–H and O–H groups in total. The maximum Gasteiger partial charge on any atom is 0.202 e. The van der Waals surface area contributed by atoms with E-state index in [-0.39, 0.29) is 0 Å². The van der Waals surface area contributed by atoms with Crippen molar-refractivity contribution in [3.05, 3.63) is 47.8 Å². The molecule has 17 heavy (non-hydrogen) atoms. The Bertz CT molecular complexity index is 474. The molecule has 0 amide bonds. The molecule has 0 aliphatic heterocycles. The zero-order valence-corrected chi connectivity index (χ0v) is 10.5. The van der Waals surface area contributed by atoms with Crippen LogP contribution in [0.3, 0.4) is 0 Å². The quantitative estimate of drug-likeness (QED) is 0.854. The molecular formula is C14H19N3. The molecule has 0 aliphatic carbocycles. The van der Waals surface area contributed by atoms with Crippen molar-refractivity contribution >= 4 is 5.95 Å². The maximum atomic E-state index is 4.29. The minimum Gasteiger partial charge on any atom is -0.355 e. The highest BCUT2D eigenvalue weighted by Gasteiger charge is 2.00. The molecule has 0 saturated carbocycles. The molecule has 1 heterocycles. The van der Waals surface area contributed by atoms with E-state index in [1.807, 2.05) is 12.4 Å². The number of aryl methyl sites for hydroxylation is 2. The van der Waals surface area contributed by atoms with Crippen molar-refractivity contribution in [2.75, 3.05) is 11.9 Å². The van der Waals surface area contributed by atoms with Gasteiger partial charge in [0, 0.05) is 25.5 Å². The summed E-state index contributed by atoms with van der Waals surface area (Å²) in [6.07, 6.45) is 4.86. The van der Waals surface area contributed by atoms with Crippen molar-refractivity contribution in [2.45, 2.75) is 26.8 Å². The zero-order valence-electron chi connectivity index (χ0n) is 10.5.